The molecule has 20 heteroatoms. The number of rotatable bonds is 12. The number of amidine groups is 1. The van der Waals surface area contributed by atoms with Gasteiger partial charge in [0.25, 0.3) is 0 Å². The van der Waals surface area contributed by atoms with Crippen molar-refractivity contribution in [3.8, 4) is 11.4 Å². The van der Waals surface area contributed by atoms with Gasteiger partial charge in [0, 0.05) is 126 Å². The van der Waals surface area contributed by atoms with Crippen LogP contribution < -0.4 is 64.1 Å². The zero-order valence-corrected chi connectivity index (χ0v) is 52.5. The number of aliphatic imine (C=N–C) groups is 5. The standard InChI is InChI=1S/C66H84N20/c1-33(2)67-63(68-34(3)4)75-41-17-25-47-51(29-41)57-79-55(47)81-61-54-32-44(78-66(73-39(13)14)74-40(15)16)20-28-50(54)60-84-58-52-30-42(76-64(69-35(5)6)70-36(7)8)18-26-48(52)56(80-58)82-62-53-31-43(77-65(71-37(9)10)72-38(11)12)19-27-49(53)59(83-57)85(62)45-21-23-46(24-22-45)86(60)61/h17-40,55,80,82H,1-16H3,(H,79,83)(H2,67,68,75)(H2,69,70,76)(H2,71,72,77)(H2,73,74,78). The normalized spacial score (nSPS) is 15.0. The van der Waals surface area contributed by atoms with Crippen molar-refractivity contribution in [3.05, 3.63) is 119 Å². The average molecular weight is 1160 g/mol. The van der Waals surface area contributed by atoms with Crippen molar-refractivity contribution < 1.29 is 0 Å². The van der Waals surface area contributed by atoms with Gasteiger partial charge < -0.3 is 58.2 Å². The first kappa shape index (κ1) is 58.4. The van der Waals surface area contributed by atoms with Crippen LogP contribution in [0.1, 0.15) is 128 Å². The number of benzene rings is 5. The average Bonchev–Trinajstić information content (AvgIpc) is 1.92. The van der Waals surface area contributed by atoms with E-state index in [0.717, 1.165) is 89.2 Å². The number of guanidine groups is 4. The molecule has 0 spiro atoms. The second-order valence-corrected chi connectivity index (χ2v) is 24.8. The van der Waals surface area contributed by atoms with Gasteiger partial charge in [-0.1, -0.05) is 6.07 Å². The molecule has 0 radical (unpaired) electrons. The van der Waals surface area contributed by atoms with E-state index in [9.17, 15) is 0 Å². The molecule has 0 amide bonds. The minimum absolute atomic E-state index is 0.0504. The van der Waals surface area contributed by atoms with Gasteiger partial charge in [-0.2, -0.15) is 0 Å². The maximum absolute atomic E-state index is 5.86. The van der Waals surface area contributed by atoms with Gasteiger partial charge >= 0.3 is 0 Å². The summed E-state index contributed by atoms with van der Waals surface area (Å²) in [6, 6.07) is 35.0. The van der Waals surface area contributed by atoms with Crippen LogP contribution in [0.25, 0.3) is 43.7 Å². The minimum Gasteiger partial charge on any atom is -0.354 e. The fraction of sp³-hybridized carbons (Fsp3) is 0.379. The van der Waals surface area contributed by atoms with Crippen LogP contribution in [-0.2, 0) is 0 Å². The molecule has 86 heavy (non-hydrogen) atoms. The van der Waals surface area contributed by atoms with Crippen LogP contribution in [0, 0.1) is 0 Å². The maximum Gasteiger partial charge on any atom is 0.196 e. The molecular formula is C66H84N20. The van der Waals surface area contributed by atoms with E-state index in [1.165, 1.54) is 0 Å². The number of nitrogens with zero attached hydrogens (tertiary/aromatic N) is 9. The lowest BCUT2D eigenvalue weighted by atomic mass is 10.1. The molecule has 448 valence electrons. The van der Waals surface area contributed by atoms with Gasteiger partial charge in [0.05, 0.1) is 0 Å². The topological polar surface area (TPSA) is 232 Å². The summed E-state index contributed by atoms with van der Waals surface area (Å²) in [7, 11) is 0. The Hall–Kier alpha value is -9.33. The smallest absolute Gasteiger partial charge is 0.196 e. The monoisotopic (exact) mass is 1160 g/mol. The highest BCUT2D eigenvalue weighted by molar-refractivity contribution is 6.13. The molecule has 13 rings (SSSR count). The third-order valence-corrected chi connectivity index (χ3v) is 14.1. The molecule has 0 aliphatic carbocycles. The van der Waals surface area contributed by atoms with Gasteiger partial charge in [-0.15, -0.1) is 0 Å². The lowest BCUT2D eigenvalue weighted by Crippen LogP contribution is -2.36. The van der Waals surface area contributed by atoms with Crippen molar-refractivity contribution in [1.82, 2.24) is 40.7 Å². The minimum atomic E-state index is -0.590. The first-order chi connectivity index (χ1) is 41.1. The van der Waals surface area contributed by atoms with Crippen LogP contribution in [0.3, 0.4) is 0 Å². The zero-order chi connectivity index (χ0) is 60.8. The third kappa shape index (κ3) is 12.4. The van der Waals surface area contributed by atoms with Crippen LogP contribution in [0.5, 0.6) is 0 Å². The number of hydrogen-bond donors (Lipinski definition) is 11. The van der Waals surface area contributed by atoms with Gasteiger partial charge in [0.1, 0.15) is 46.2 Å². The number of aromatic amines is 1. The molecule has 0 saturated carbocycles. The van der Waals surface area contributed by atoms with E-state index in [1.54, 1.807) is 0 Å². The van der Waals surface area contributed by atoms with E-state index in [0.29, 0.717) is 52.3 Å². The summed E-state index contributed by atoms with van der Waals surface area (Å²) in [5.74, 6) is 6.30. The summed E-state index contributed by atoms with van der Waals surface area (Å²) in [5.41, 5.74) is 8.41. The van der Waals surface area contributed by atoms with E-state index in [2.05, 4.69) is 275 Å². The molecule has 8 bridgehead atoms. The molecule has 8 aromatic rings. The third-order valence-electron chi connectivity index (χ3n) is 14.1. The number of fused-ring (bicyclic) bond motifs is 4. The molecule has 20 nitrogen and oxygen atoms in total. The van der Waals surface area contributed by atoms with Crippen LogP contribution in [0.15, 0.2) is 132 Å². The van der Waals surface area contributed by atoms with E-state index < -0.39 is 6.17 Å². The first-order valence-corrected chi connectivity index (χ1v) is 30.4. The van der Waals surface area contributed by atoms with Crippen LogP contribution in [0.4, 0.5) is 46.0 Å². The molecule has 0 fully saturated rings. The van der Waals surface area contributed by atoms with Gasteiger partial charge in [-0.05, 0) is 202 Å². The summed E-state index contributed by atoms with van der Waals surface area (Å²) in [4.78, 5) is 41.1. The van der Waals surface area contributed by atoms with Gasteiger partial charge in [-0.25, -0.2) is 15.0 Å². The summed E-state index contributed by atoms with van der Waals surface area (Å²) in [5, 5.41) is 42.0. The Labute approximate surface area is 503 Å². The number of anilines is 6. The molecule has 11 N–H and O–H groups in total. The van der Waals surface area contributed by atoms with Crippen molar-refractivity contribution in [2.75, 3.05) is 26.6 Å². The Morgan fingerprint density at radius 1 is 0.442 bits per heavy atom. The van der Waals surface area contributed by atoms with Crippen molar-refractivity contribution in [1.29, 1.82) is 0 Å². The van der Waals surface area contributed by atoms with Crippen molar-refractivity contribution in [3.63, 3.8) is 0 Å². The number of nitrogens with one attached hydrogen (secondary N) is 11. The highest BCUT2D eigenvalue weighted by Crippen LogP contribution is 2.45. The fourth-order valence-corrected chi connectivity index (χ4v) is 11.0. The van der Waals surface area contributed by atoms with Crippen LogP contribution in [-0.4, -0.2) is 92.1 Å². The fourth-order valence-electron chi connectivity index (χ4n) is 11.0. The highest BCUT2D eigenvalue weighted by atomic mass is 15.3. The molecule has 0 saturated heterocycles. The number of aromatic nitrogens is 3. The largest absolute Gasteiger partial charge is 0.354 e. The summed E-state index contributed by atoms with van der Waals surface area (Å²) in [6.07, 6.45) is -0.590. The van der Waals surface area contributed by atoms with Crippen molar-refractivity contribution >= 4 is 108 Å². The van der Waals surface area contributed by atoms with Crippen molar-refractivity contribution in [2.24, 2.45) is 34.9 Å². The van der Waals surface area contributed by atoms with E-state index in [-0.39, 0.29) is 48.3 Å². The van der Waals surface area contributed by atoms with Crippen molar-refractivity contribution in [2.45, 2.75) is 165 Å². The molecule has 5 aliphatic rings. The highest BCUT2D eigenvalue weighted by Gasteiger charge is 2.31. The Kier molecular flexibility index (Phi) is 16.3. The second-order valence-electron chi connectivity index (χ2n) is 24.8. The molecule has 5 aromatic carbocycles. The predicted molar refractivity (Wildman–Crippen MR) is 360 cm³/mol. The van der Waals surface area contributed by atoms with Crippen LogP contribution >= 0.6 is 0 Å². The van der Waals surface area contributed by atoms with E-state index >= 15 is 0 Å². The van der Waals surface area contributed by atoms with Gasteiger partial charge in [0.2, 0.25) is 0 Å². The SMILES string of the molecule is CC(C)N=C(Nc1ccc2c(c1)C1=Nc3c4ccc(NC(=NC(C)C)NC(C)C)cc4c4n3-c3ccc(cc3)-n3c(c5ccc(NC(=NC(C)C)NC(C)C)cc5c3=NC2N1)=Nc1[nH]c(c2ccc(NC(=NC(C)C)NC(C)C)cc12)N4)NC(C)C. The molecule has 5 aliphatic heterocycles. The first-order valence-electron chi connectivity index (χ1n) is 30.4. The Balaban J connectivity index is 1.25. The number of H-pyrrole nitrogens is 1. The van der Waals surface area contributed by atoms with E-state index in [1.807, 2.05) is 0 Å². The lowest BCUT2D eigenvalue weighted by molar-refractivity contribution is 0.675. The molecule has 1 unspecified atom stereocenters. The maximum atomic E-state index is 5.86. The van der Waals surface area contributed by atoms with Crippen LogP contribution in [0.2, 0.25) is 0 Å². The number of hydrogen-bond acceptors (Lipinski definition) is 9. The summed E-state index contributed by atoms with van der Waals surface area (Å²) >= 11 is 0. The summed E-state index contributed by atoms with van der Waals surface area (Å²) in [6.45, 7) is 33.5. The lowest BCUT2D eigenvalue weighted by Gasteiger charge is -2.17. The molecular weight excluding hydrogens is 1070 g/mol. The van der Waals surface area contributed by atoms with Gasteiger partial charge in [-0.3, -0.25) is 29.1 Å². The molecule has 1 atom stereocenters. The molecule has 8 heterocycles. The van der Waals surface area contributed by atoms with E-state index in [4.69, 9.17) is 34.9 Å². The quantitative estimate of drug-likeness (QED) is 0.0409. The Morgan fingerprint density at radius 3 is 1.38 bits per heavy atom. The van der Waals surface area contributed by atoms with Gasteiger partial charge in [0.15, 0.2) is 23.8 Å². The summed E-state index contributed by atoms with van der Waals surface area (Å²) < 4.78 is 4.42. The zero-order valence-electron chi connectivity index (χ0n) is 52.5. The Morgan fingerprint density at radius 2 is 0.884 bits per heavy atom. The molecule has 3 aromatic heterocycles. The predicted octanol–water partition coefficient (Wildman–Crippen LogP) is 12.1. The Bertz CT molecular complexity index is 4160. The second kappa shape index (κ2) is 24.0.